The molecule has 4 nitrogen and oxygen atoms in total. The Morgan fingerprint density at radius 1 is 1.50 bits per heavy atom. The zero-order valence-electron chi connectivity index (χ0n) is 6.74. The van der Waals surface area contributed by atoms with E-state index in [1.54, 1.807) is 6.07 Å². The summed E-state index contributed by atoms with van der Waals surface area (Å²) in [6, 6.07) is 4.70. The lowest BCUT2D eigenvalue weighted by Gasteiger charge is -2.07. The van der Waals surface area contributed by atoms with Crippen LogP contribution in [-0.4, -0.2) is 17.4 Å². The van der Waals surface area contributed by atoms with Crippen molar-refractivity contribution < 1.29 is 15.1 Å². The van der Waals surface area contributed by atoms with E-state index < -0.39 is 0 Å². The van der Waals surface area contributed by atoms with Gasteiger partial charge in [-0.2, -0.15) is 0 Å². The van der Waals surface area contributed by atoms with Crippen LogP contribution in [0.1, 0.15) is 5.56 Å². The van der Waals surface area contributed by atoms with E-state index in [2.05, 4.69) is 0 Å². The van der Waals surface area contributed by atoms with E-state index >= 15 is 0 Å². The molecular formula is C8H11NO3. The summed E-state index contributed by atoms with van der Waals surface area (Å²) in [5.41, 5.74) is 2.70. The molecule has 3 N–H and O–H groups in total. The molecule has 0 aliphatic rings. The highest BCUT2D eigenvalue weighted by Crippen LogP contribution is 2.22. The quantitative estimate of drug-likeness (QED) is 0.588. The number of phenolic OH excluding ortho intramolecular Hbond substituents is 1. The summed E-state index contributed by atoms with van der Waals surface area (Å²) >= 11 is 0. The zero-order chi connectivity index (χ0) is 8.97. The first kappa shape index (κ1) is 8.83. The SMILES string of the molecule is COc1ccc(O)cc1CNO. The third kappa shape index (κ3) is 1.87. The topological polar surface area (TPSA) is 61.7 Å². The van der Waals surface area contributed by atoms with Gasteiger partial charge in [-0.05, 0) is 18.2 Å². The van der Waals surface area contributed by atoms with Crippen molar-refractivity contribution in [2.45, 2.75) is 6.54 Å². The molecule has 66 valence electrons. The monoisotopic (exact) mass is 169 g/mol. The minimum atomic E-state index is 0.154. The van der Waals surface area contributed by atoms with Crippen LogP contribution in [0.5, 0.6) is 11.5 Å². The Kier molecular flexibility index (Phi) is 2.90. The lowest BCUT2D eigenvalue weighted by atomic mass is 10.2. The lowest BCUT2D eigenvalue weighted by Crippen LogP contribution is -2.07. The van der Waals surface area contributed by atoms with Crippen molar-refractivity contribution in [3.63, 3.8) is 0 Å². The van der Waals surface area contributed by atoms with Gasteiger partial charge in [0, 0.05) is 12.1 Å². The van der Waals surface area contributed by atoms with Gasteiger partial charge in [-0.25, -0.2) is 5.48 Å². The van der Waals surface area contributed by atoms with Gasteiger partial charge in [0.15, 0.2) is 0 Å². The van der Waals surface area contributed by atoms with E-state index in [1.807, 2.05) is 5.48 Å². The van der Waals surface area contributed by atoms with Crippen LogP contribution < -0.4 is 10.2 Å². The van der Waals surface area contributed by atoms with Crippen LogP contribution in [0.25, 0.3) is 0 Å². The van der Waals surface area contributed by atoms with Gasteiger partial charge < -0.3 is 15.1 Å². The second kappa shape index (κ2) is 3.94. The van der Waals surface area contributed by atoms with Crippen molar-refractivity contribution >= 4 is 0 Å². The fourth-order valence-corrected chi connectivity index (χ4v) is 0.988. The van der Waals surface area contributed by atoms with Gasteiger partial charge in [0.2, 0.25) is 0 Å². The molecule has 0 amide bonds. The van der Waals surface area contributed by atoms with Crippen molar-refractivity contribution in [3.05, 3.63) is 23.8 Å². The molecule has 0 saturated heterocycles. The number of phenols is 1. The maximum Gasteiger partial charge on any atom is 0.123 e. The van der Waals surface area contributed by atoms with Crippen molar-refractivity contribution in [1.29, 1.82) is 0 Å². The molecule has 0 bridgehead atoms. The van der Waals surface area contributed by atoms with Gasteiger partial charge in [-0.1, -0.05) is 0 Å². The third-order valence-corrected chi connectivity index (χ3v) is 1.53. The Labute approximate surface area is 70.4 Å². The van der Waals surface area contributed by atoms with Crippen LogP contribution in [0.3, 0.4) is 0 Å². The fraction of sp³-hybridized carbons (Fsp3) is 0.250. The Morgan fingerprint density at radius 3 is 2.83 bits per heavy atom. The average molecular weight is 169 g/mol. The van der Waals surface area contributed by atoms with E-state index in [0.717, 1.165) is 0 Å². The summed E-state index contributed by atoms with van der Waals surface area (Å²) in [7, 11) is 1.53. The molecule has 12 heavy (non-hydrogen) atoms. The largest absolute Gasteiger partial charge is 0.508 e. The highest BCUT2D eigenvalue weighted by Gasteiger charge is 2.02. The third-order valence-electron chi connectivity index (χ3n) is 1.53. The summed E-state index contributed by atoms with van der Waals surface area (Å²) in [6.45, 7) is 0.248. The van der Waals surface area contributed by atoms with Crippen LogP contribution in [0, 0.1) is 0 Å². The first-order valence-corrected chi connectivity index (χ1v) is 3.50. The molecule has 0 fully saturated rings. The van der Waals surface area contributed by atoms with E-state index in [-0.39, 0.29) is 12.3 Å². The molecule has 0 aromatic heterocycles. The maximum atomic E-state index is 9.09. The Bertz CT molecular complexity index is 262. The van der Waals surface area contributed by atoms with Gasteiger partial charge >= 0.3 is 0 Å². The average Bonchev–Trinajstić information content (AvgIpc) is 2.05. The van der Waals surface area contributed by atoms with Gasteiger partial charge in [0.05, 0.1) is 7.11 Å². The van der Waals surface area contributed by atoms with E-state index in [4.69, 9.17) is 15.1 Å². The van der Waals surface area contributed by atoms with E-state index in [9.17, 15) is 0 Å². The zero-order valence-corrected chi connectivity index (χ0v) is 6.74. The maximum absolute atomic E-state index is 9.09. The van der Waals surface area contributed by atoms with Gasteiger partial charge in [0.1, 0.15) is 11.5 Å². The molecule has 0 saturated carbocycles. The number of nitrogens with one attached hydrogen (secondary N) is 1. The molecule has 1 rings (SSSR count). The molecule has 1 aromatic rings. The van der Waals surface area contributed by atoms with Gasteiger partial charge in [-0.15, -0.1) is 0 Å². The number of methoxy groups -OCH3 is 1. The molecule has 0 aliphatic carbocycles. The van der Waals surface area contributed by atoms with Crippen LogP contribution in [0.15, 0.2) is 18.2 Å². The molecular weight excluding hydrogens is 158 g/mol. The number of hydrogen-bond acceptors (Lipinski definition) is 4. The highest BCUT2D eigenvalue weighted by molar-refractivity contribution is 5.39. The molecule has 1 aromatic carbocycles. The number of hydroxylamine groups is 1. The molecule has 4 heteroatoms. The number of ether oxygens (including phenoxy) is 1. The number of aromatic hydroxyl groups is 1. The number of hydrogen-bond donors (Lipinski definition) is 3. The minimum Gasteiger partial charge on any atom is -0.508 e. The predicted octanol–water partition coefficient (Wildman–Crippen LogP) is 0.880. The molecule has 0 unspecified atom stereocenters. The van der Waals surface area contributed by atoms with Crippen LogP contribution in [0.4, 0.5) is 0 Å². The standard InChI is InChI=1S/C8H11NO3/c1-12-8-3-2-7(10)4-6(8)5-9-11/h2-4,9-11H,5H2,1H3. The Balaban J connectivity index is 2.95. The second-order valence-corrected chi connectivity index (χ2v) is 2.33. The first-order chi connectivity index (χ1) is 5.77. The van der Waals surface area contributed by atoms with Crippen molar-refractivity contribution in [2.75, 3.05) is 7.11 Å². The fourth-order valence-electron chi connectivity index (χ4n) is 0.988. The Morgan fingerprint density at radius 2 is 2.25 bits per heavy atom. The lowest BCUT2D eigenvalue weighted by molar-refractivity contribution is 0.160. The summed E-state index contributed by atoms with van der Waals surface area (Å²) in [5, 5.41) is 17.5. The molecule has 0 spiro atoms. The smallest absolute Gasteiger partial charge is 0.123 e. The molecule has 0 heterocycles. The first-order valence-electron chi connectivity index (χ1n) is 3.50. The van der Waals surface area contributed by atoms with Crippen molar-refractivity contribution in [1.82, 2.24) is 5.48 Å². The highest BCUT2D eigenvalue weighted by atomic mass is 16.5. The van der Waals surface area contributed by atoms with Gasteiger partial charge in [0.25, 0.3) is 0 Å². The Hall–Kier alpha value is -1.26. The minimum absolute atomic E-state index is 0.154. The number of rotatable bonds is 3. The van der Waals surface area contributed by atoms with Crippen molar-refractivity contribution in [2.24, 2.45) is 0 Å². The van der Waals surface area contributed by atoms with Gasteiger partial charge in [-0.3, -0.25) is 0 Å². The number of benzene rings is 1. The van der Waals surface area contributed by atoms with E-state index in [0.29, 0.717) is 11.3 Å². The van der Waals surface area contributed by atoms with Crippen LogP contribution in [0.2, 0.25) is 0 Å². The predicted molar refractivity (Wildman–Crippen MR) is 43.3 cm³/mol. The normalized spacial score (nSPS) is 9.83. The summed E-state index contributed by atoms with van der Waals surface area (Å²) in [4.78, 5) is 0. The second-order valence-electron chi connectivity index (χ2n) is 2.33. The van der Waals surface area contributed by atoms with Crippen molar-refractivity contribution in [3.8, 4) is 11.5 Å². The van der Waals surface area contributed by atoms with Crippen LogP contribution in [-0.2, 0) is 6.54 Å². The summed E-state index contributed by atoms with van der Waals surface area (Å²) in [6.07, 6.45) is 0. The molecule has 0 radical (unpaired) electrons. The summed E-state index contributed by atoms with van der Waals surface area (Å²) in [5.74, 6) is 0.787. The van der Waals surface area contributed by atoms with E-state index in [1.165, 1.54) is 19.2 Å². The molecule has 0 aliphatic heterocycles. The van der Waals surface area contributed by atoms with Crippen LogP contribution >= 0.6 is 0 Å². The summed E-state index contributed by atoms with van der Waals surface area (Å²) < 4.78 is 4.99. The molecule has 0 atom stereocenters.